The van der Waals surface area contributed by atoms with Crippen molar-refractivity contribution in [1.82, 2.24) is 0 Å². The van der Waals surface area contributed by atoms with Crippen LogP contribution in [0, 0.1) is 0 Å². The van der Waals surface area contributed by atoms with Crippen molar-refractivity contribution in [1.29, 1.82) is 0 Å². The molecule has 1 aliphatic rings. The fourth-order valence-corrected chi connectivity index (χ4v) is 4.19. The van der Waals surface area contributed by atoms with Crippen molar-refractivity contribution >= 4 is 28.6 Å². The molecule has 0 aromatic carbocycles. The van der Waals surface area contributed by atoms with Gasteiger partial charge in [0.15, 0.2) is 8.56 Å². The maximum absolute atomic E-state index is 9.55. The first kappa shape index (κ1) is 8.67. The van der Waals surface area contributed by atoms with Crippen LogP contribution in [0.25, 0.3) is 0 Å². The van der Waals surface area contributed by atoms with Gasteiger partial charge in [0.2, 0.25) is 0 Å². The van der Waals surface area contributed by atoms with E-state index in [0.29, 0.717) is 0 Å². The van der Waals surface area contributed by atoms with Crippen LogP contribution in [0.2, 0.25) is 0 Å². The Morgan fingerprint density at radius 1 is 1.50 bits per heavy atom. The van der Waals surface area contributed by atoms with Crippen LogP contribution in [0.1, 0.15) is 19.3 Å². The first-order valence-corrected chi connectivity index (χ1v) is 10.7. The maximum atomic E-state index is 9.55. The summed E-state index contributed by atoms with van der Waals surface area (Å²) >= 11 is 0. The summed E-state index contributed by atoms with van der Waals surface area (Å²) in [6, 6.07) is 0. The zero-order valence-corrected chi connectivity index (χ0v) is 11.9. The van der Waals surface area contributed by atoms with Gasteiger partial charge in [0.25, 0.3) is 0 Å². The lowest BCUT2D eigenvalue weighted by Crippen LogP contribution is -2.51. The van der Waals surface area contributed by atoms with Crippen LogP contribution < -0.4 is 0 Å². The molecule has 1 fully saturated rings. The van der Waals surface area contributed by atoms with Crippen molar-refractivity contribution in [3.63, 3.8) is 0 Å². The van der Waals surface area contributed by atoms with E-state index in [0.717, 1.165) is 33.0 Å². The second kappa shape index (κ2) is 3.31. The highest BCUT2D eigenvalue weighted by Crippen LogP contribution is 2.21. The van der Waals surface area contributed by atoms with Crippen LogP contribution in [0.3, 0.4) is 0 Å². The van der Waals surface area contributed by atoms with Crippen LogP contribution in [0.15, 0.2) is 0 Å². The zero-order chi connectivity index (χ0) is 7.61. The van der Waals surface area contributed by atoms with Crippen LogP contribution in [0.4, 0.5) is 0 Å². The second-order valence-electron chi connectivity index (χ2n) is 3.29. The largest absolute Gasteiger partial charge is 0.436 e. The number of rotatable bonds is 1. The van der Waals surface area contributed by atoms with Crippen LogP contribution in [-0.4, -0.2) is 44.8 Å². The summed E-state index contributed by atoms with van der Waals surface area (Å²) < 4.78 is 5.64. The molecule has 0 aliphatic carbocycles. The van der Waals surface area contributed by atoms with Gasteiger partial charge in [-0.15, -0.1) is 0 Å². The number of ether oxygens (including phenoxy) is 1. The molecular weight excluding hydrogens is 176 g/mol. The smallest absolute Gasteiger partial charge is 0.176 e. The predicted molar refractivity (Wildman–Crippen MR) is 51.8 cm³/mol. The van der Waals surface area contributed by atoms with Crippen molar-refractivity contribution in [2.45, 2.75) is 24.1 Å². The van der Waals surface area contributed by atoms with E-state index < -0.39 is 8.56 Å². The molecule has 1 rings (SSSR count). The molecule has 0 radical (unpaired) electrons. The minimum absolute atomic E-state index is 0.0739. The van der Waals surface area contributed by atoms with Crippen molar-refractivity contribution in [3.05, 3.63) is 0 Å². The Morgan fingerprint density at radius 3 is 2.50 bits per heavy atom. The summed E-state index contributed by atoms with van der Waals surface area (Å²) in [5.41, 5.74) is 0. The van der Waals surface area contributed by atoms with E-state index in [1.165, 1.54) is 12.8 Å². The van der Waals surface area contributed by atoms with Gasteiger partial charge < -0.3 is 9.53 Å². The molecule has 10 heavy (non-hydrogen) atoms. The highest BCUT2D eigenvalue weighted by molar-refractivity contribution is 7.03. The Balaban J connectivity index is 2.48. The van der Waals surface area contributed by atoms with Crippen molar-refractivity contribution in [2.24, 2.45) is 0 Å². The van der Waals surface area contributed by atoms with E-state index >= 15 is 0 Å². The van der Waals surface area contributed by atoms with Gasteiger partial charge in [-0.05, 0) is 19.3 Å². The van der Waals surface area contributed by atoms with Gasteiger partial charge in [-0.2, -0.15) is 0 Å². The van der Waals surface area contributed by atoms with E-state index in [9.17, 15) is 4.80 Å². The topological polar surface area (TPSA) is 29.5 Å². The third kappa shape index (κ3) is 1.79. The van der Waals surface area contributed by atoms with Crippen LogP contribution in [-0.2, 0) is 4.74 Å². The van der Waals surface area contributed by atoms with Gasteiger partial charge in [-0.25, -0.2) is 0 Å². The van der Waals surface area contributed by atoms with E-state index in [1.54, 1.807) is 0 Å². The van der Waals surface area contributed by atoms with E-state index in [2.05, 4.69) is 0 Å². The second-order valence-corrected chi connectivity index (χ2v) is 12.0. The average Bonchev–Trinajstić information content (AvgIpc) is 1.89. The third-order valence-electron chi connectivity index (χ3n) is 2.38. The third-order valence-corrected chi connectivity index (χ3v) is 15.0. The summed E-state index contributed by atoms with van der Waals surface area (Å²) in [5, 5.41) is 0. The lowest BCUT2D eigenvalue weighted by Gasteiger charge is -2.35. The van der Waals surface area contributed by atoms with Crippen molar-refractivity contribution in [2.75, 3.05) is 6.61 Å². The fraction of sp³-hybridized carbons (Fsp3) is 1.00. The molecule has 2 unspecified atom stereocenters. The standard InChI is InChI=1S/C5H16O2Si3/c6-10(9)5(8)3-1-2-4-7-5/h6,10H,1-4H2,8-9H3. The highest BCUT2D eigenvalue weighted by atomic mass is 29.2. The summed E-state index contributed by atoms with van der Waals surface area (Å²) in [6.45, 7) is 0.899. The van der Waals surface area contributed by atoms with Gasteiger partial charge >= 0.3 is 0 Å². The molecule has 2 nitrogen and oxygen atoms in total. The summed E-state index contributed by atoms with van der Waals surface area (Å²) in [6.07, 6.45) is 3.62. The Morgan fingerprint density at radius 2 is 2.20 bits per heavy atom. The predicted octanol–water partition coefficient (Wildman–Crippen LogP) is -2.63. The summed E-state index contributed by atoms with van der Waals surface area (Å²) in [7, 11) is 0.639. The number of hydrogen-bond acceptors (Lipinski definition) is 2. The molecule has 1 heterocycles. The first-order chi connectivity index (χ1) is 4.65. The van der Waals surface area contributed by atoms with Crippen molar-refractivity contribution < 1.29 is 9.53 Å². The molecule has 0 saturated carbocycles. The molecule has 1 saturated heterocycles. The first-order valence-electron chi connectivity index (χ1n) is 3.97. The number of hydrogen-bond donors (Lipinski definition) is 1. The van der Waals surface area contributed by atoms with Crippen LogP contribution in [0.5, 0.6) is 0 Å². The Bertz CT molecular complexity index is 111. The van der Waals surface area contributed by atoms with E-state index in [1.807, 2.05) is 0 Å². The van der Waals surface area contributed by atoms with E-state index in [4.69, 9.17) is 4.74 Å². The molecule has 60 valence electrons. The maximum Gasteiger partial charge on any atom is 0.176 e. The molecule has 2 atom stereocenters. The van der Waals surface area contributed by atoms with Crippen molar-refractivity contribution in [3.8, 4) is 0 Å². The Hall–Kier alpha value is 0.571. The molecule has 1 N–H and O–H groups in total. The quantitative estimate of drug-likeness (QED) is 0.461. The van der Waals surface area contributed by atoms with E-state index in [-0.39, 0.29) is 4.85 Å². The molecule has 0 aromatic rings. The Kier molecular flexibility index (Phi) is 2.87. The highest BCUT2D eigenvalue weighted by Gasteiger charge is 2.33. The van der Waals surface area contributed by atoms with Gasteiger partial charge in [-0.1, -0.05) is 0 Å². The van der Waals surface area contributed by atoms with Crippen LogP contribution >= 0.6 is 0 Å². The van der Waals surface area contributed by atoms with Gasteiger partial charge in [0, 0.05) is 26.6 Å². The average molecular weight is 192 g/mol. The lowest BCUT2D eigenvalue weighted by atomic mass is 10.2. The molecule has 0 aromatic heterocycles. The lowest BCUT2D eigenvalue weighted by molar-refractivity contribution is 0.0278. The molecule has 5 heteroatoms. The summed E-state index contributed by atoms with van der Waals surface area (Å²) in [4.78, 5) is 9.62. The van der Waals surface area contributed by atoms with Gasteiger partial charge in [0.05, 0.1) is 4.85 Å². The minimum Gasteiger partial charge on any atom is -0.436 e. The summed E-state index contributed by atoms with van der Waals surface area (Å²) in [5.74, 6) is 0. The monoisotopic (exact) mass is 192 g/mol. The molecule has 0 bridgehead atoms. The molecule has 0 amide bonds. The molecule has 0 spiro atoms. The molecule has 1 aliphatic heterocycles. The van der Waals surface area contributed by atoms with Gasteiger partial charge in [0.1, 0.15) is 0 Å². The van der Waals surface area contributed by atoms with Gasteiger partial charge in [-0.3, -0.25) is 0 Å². The Labute approximate surface area is 69.3 Å². The normalized spacial score (nSPS) is 38.1. The fourth-order valence-electron chi connectivity index (χ4n) is 1.29. The zero-order valence-electron chi connectivity index (χ0n) is 6.76. The SMILES string of the molecule is O[SiH]([SiH3])C1([SiH3])CCCCO1. The molecular formula is C5H16O2Si3. The minimum atomic E-state index is -1.39.